The fraction of sp³-hybridized carbons (Fsp3) is 0.412. The molecule has 0 saturated carbocycles. The van der Waals surface area contributed by atoms with Crippen molar-refractivity contribution in [2.75, 3.05) is 36.0 Å². The third kappa shape index (κ3) is 3.15. The summed E-state index contributed by atoms with van der Waals surface area (Å²) in [4.78, 5) is 13.7. The van der Waals surface area contributed by atoms with Gasteiger partial charge in [-0.05, 0) is 38.5 Å². The minimum atomic E-state index is 0.853. The van der Waals surface area contributed by atoms with Crippen molar-refractivity contribution >= 4 is 11.5 Å². The van der Waals surface area contributed by atoms with Crippen LogP contribution in [0, 0.1) is 20.8 Å². The predicted octanol–water partition coefficient (Wildman–Crippen LogP) is 2.73. The minimum absolute atomic E-state index is 0.853. The van der Waals surface area contributed by atoms with E-state index in [0.29, 0.717) is 0 Å². The molecule has 1 aliphatic heterocycles. The minimum Gasteiger partial charge on any atom is -0.368 e. The van der Waals surface area contributed by atoms with E-state index in [2.05, 4.69) is 57.0 Å². The van der Waals surface area contributed by atoms with Crippen molar-refractivity contribution in [2.45, 2.75) is 20.8 Å². The van der Waals surface area contributed by atoms with Crippen LogP contribution in [-0.4, -0.2) is 36.1 Å². The van der Waals surface area contributed by atoms with Crippen LogP contribution in [0.4, 0.5) is 11.5 Å². The smallest absolute Gasteiger partial charge is 0.132 e. The Labute approximate surface area is 126 Å². The highest BCUT2D eigenvalue weighted by atomic mass is 15.3. The molecule has 2 heterocycles. The van der Waals surface area contributed by atoms with E-state index in [0.717, 1.165) is 43.5 Å². The standard InChI is InChI=1S/C17H22N4/c1-13-5-4-6-16(11-13)20-7-9-21(10-8-20)17-12-14(2)18-15(3)19-17/h4-6,11-12H,7-10H2,1-3H3. The molecule has 3 rings (SSSR count). The zero-order valence-electron chi connectivity index (χ0n) is 13.0. The predicted molar refractivity (Wildman–Crippen MR) is 87.1 cm³/mol. The van der Waals surface area contributed by atoms with Gasteiger partial charge in [-0.25, -0.2) is 9.97 Å². The molecule has 0 spiro atoms. The number of rotatable bonds is 2. The highest BCUT2D eigenvalue weighted by molar-refractivity contribution is 5.51. The molecule has 0 aliphatic carbocycles. The van der Waals surface area contributed by atoms with Crippen LogP contribution in [0.25, 0.3) is 0 Å². The highest BCUT2D eigenvalue weighted by Gasteiger charge is 2.18. The molecule has 0 N–H and O–H groups in total. The Morgan fingerprint density at radius 3 is 2.24 bits per heavy atom. The number of hydrogen-bond acceptors (Lipinski definition) is 4. The topological polar surface area (TPSA) is 32.3 Å². The Morgan fingerprint density at radius 1 is 0.857 bits per heavy atom. The van der Waals surface area contributed by atoms with Crippen molar-refractivity contribution in [1.82, 2.24) is 9.97 Å². The summed E-state index contributed by atoms with van der Waals surface area (Å²) in [7, 11) is 0. The fourth-order valence-corrected chi connectivity index (χ4v) is 2.88. The Kier molecular flexibility index (Phi) is 3.78. The van der Waals surface area contributed by atoms with Crippen LogP contribution in [0.1, 0.15) is 17.1 Å². The van der Waals surface area contributed by atoms with Gasteiger partial charge in [0.15, 0.2) is 0 Å². The van der Waals surface area contributed by atoms with Gasteiger partial charge in [-0.3, -0.25) is 0 Å². The molecule has 2 aromatic rings. The van der Waals surface area contributed by atoms with Gasteiger partial charge in [0.25, 0.3) is 0 Å². The first-order chi connectivity index (χ1) is 10.1. The number of hydrogen-bond donors (Lipinski definition) is 0. The molecule has 4 nitrogen and oxygen atoms in total. The van der Waals surface area contributed by atoms with Gasteiger partial charge in [-0.15, -0.1) is 0 Å². The van der Waals surface area contributed by atoms with Crippen molar-refractivity contribution in [3.8, 4) is 0 Å². The van der Waals surface area contributed by atoms with E-state index in [-0.39, 0.29) is 0 Å². The second-order valence-corrected chi connectivity index (χ2v) is 5.73. The van der Waals surface area contributed by atoms with Crippen molar-refractivity contribution in [1.29, 1.82) is 0 Å². The molecule has 0 bridgehead atoms. The molecule has 1 fully saturated rings. The molecular formula is C17H22N4. The quantitative estimate of drug-likeness (QED) is 0.848. The van der Waals surface area contributed by atoms with Crippen LogP contribution in [-0.2, 0) is 0 Å². The van der Waals surface area contributed by atoms with Crippen LogP contribution in [0.15, 0.2) is 30.3 Å². The van der Waals surface area contributed by atoms with E-state index >= 15 is 0 Å². The molecule has 1 aliphatic rings. The summed E-state index contributed by atoms with van der Waals surface area (Å²) in [6.07, 6.45) is 0. The zero-order chi connectivity index (χ0) is 14.8. The first kappa shape index (κ1) is 13.9. The van der Waals surface area contributed by atoms with Crippen LogP contribution in [0.5, 0.6) is 0 Å². The van der Waals surface area contributed by atoms with Gasteiger partial charge in [-0.2, -0.15) is 0 Å². The van der Waals surface area contributed by atoms with Crippen LogP contribution in [0.2, 0.25) is 0 Å². The molecule has 1 aromatic heterocycles. The van der Waals surface area contributed by atoms with Crippen molar-refractivity contribution in [2.24, 2.45) is 0 Å². The Bertz CT molecular complexity index is 610. The Balaban J connectivity index is 1.70. The lowest BCUT2D eigenvalue weighted by Crippen LogP contribution is -2.47. The maximum Gasteiger partial charge on any atom is 0.132 e. The molecule has 1 aromatic carbocycles. The summed E-state index contributed by atoms with van der Waals surface area (Å²) in [6.45, 7) is 10.2. The highest BCUT2D eigenvalue weighted by Crippen LogP contribution is 2.20. The summed E-state index contributed by atoms with van der Waals surface area (Å²) in [5.41, 5.74) is 3.68. The second-order valence-electron chi connectivity index (χ2n) is 5.73. The van der Waals surface area contributed by atoms with E-state index in [1.807, 2.05) is 13.8 Å². The summed E-state index contributed by atoms with van der Waals surface area (Å²) >= 11 is 0. The number of piperazine rings is 1. The third-order valence-corrected chi connectivity index (χ3v) is 3.92. The molecule has 0 amide bonds. The summed E-state index contributed by atoms with van der Waals surface area (Å²) in [5, 5.41) is 0. The van der Waals surface area contributed by atoms with Gasteiger partial charge in [0.2, 0.25) is 0 Å². The number of aryl methyl sites for hydroxylation is 3. The third-order valence-electron chi connectivity index (χ3n) is 3.92. The zero-order valence-corrected chi connectivity index (χ0v) is 13.0. The monoisotopic (exact) mass is 282 g/mol. The van der Waals surface area contributed by atoms with Gasteiger partial charge in [0.05, 0.1) is 0 Å². The van der Waals surface area contributed by atoms with E-state index in [9.17, 15) is 0 Å². The van der Waals surface area contributed by atoms with Crippen molar-refractivity contribution in [3.05, 3.63) is 47.4 Å². The average molecular weight is 282 g/mol. The molecule has 0 radical (unpaired) electrons. The molecule has 110 valence electrons. The maximum atomic E-state index is 4.57. The van der Waals surface area contributed by atoms with Gasteiger partial charge in [0.1, 0.15) is 11.6 Å². The maximum absolute atomic E-state index is 4.57. The van der Waals surface area contributed by atoms with Crippen molar-refractivity contribution in [3.63, 3.8) is 0 Å². The Hall–Kier alpha value is -2.10. The van der Waals surface area contributed by atoms with Crippen LogP contribution in [0.3, 0.4) is 0 Å². The van der Waals surface area contributed by atoms with E-state index < -0.39 is 0 Å². The fourth-order valence-electron chi connectivity index (χ4n) is 2.88. The van der Waals surface area contributed by atoms with E-state index in [1.54, 1.807) is 0 Å². The number of aromatic nitrogens is 2. The lowest BCUT2D eigenvalue weighted by Gasteiger charge is -2.37. The summed E-state index contributed by atoms with van der Waals surface area (Å²) in [5.74, 6) is 1.91. The number of nitrogens with zero attached hydrogens (tertiary/aromatic N) is 4. The first-order valence-corrected chi connectivity index (χ1v) is 7.51. The largest absolute Gasteiger partial charge is 0.368 e. The van der Waals surface area contributed by atoms with Gasteiger partial charge in [0, 0.05) is 43.6 Å². The van der Waals surface area contributed by atoms with Gasteiger partial charge >= 0.3 is 0 Å². The number of benzene rings is 1. The molecule has 1 saturated heterocycles. The number of anilines is 2. The van der Waals surface area contributed by atoms with Gasteiger partial charge in [-0.1, -0.05) is 12.1 Å². The van der Waals surface area contributed by atoms with E-state index in [1.165, 1.54) is 11.3 Å². The second kappa shape index (κ2) is 5.72. The van der Waals surface area contributed by atoms with Crippen molar-refractivity contribution < 1.29 is 0 Å². The molecule has 4 heteroatoms. The SMILES string of the molecule is Cc1cccc(N2CCN(c3cc(C)nc(C)n3)CC2)c1. The lowest BCUT2D eigenvalue weighted by molar-refractivity contribution is 0.645. The van der Waals surface area contributed by atoms with Crippen LogP contribution >= 0.6 is 0 Å². The molecular weight excluding hydrogens is 260 g/mol. The average Bonchev–Trinajstić information content (AvgIpc) is 2.46. The first-order valence-electron chi connectivity index (χ1n) is 7.51. The van der Waals surface area contributed by atoms with E-state index in [4.69, 9.17) is 0 Å². The van der Waals surface area contributed by atoms with Crippen LogP contribution < -0.4 is 9.80 Å². The summed E-state index contributed by atoms with van der Waals surface area (Å²) < 4.78 is 0. The lowest BCUT2D eigenvalue weighted by atomic mass is 10.2. The summed E-state index contributed by atoms with van der Waals surface area (Å²) in [6, 6.07) is 10.8. The normalized spacial score (nSPS) is 15.4. The molecule has 0 unspecified atom stereocenters. The Morgan fingerprint density at radius 2 is 1.57 bits per heavy atom. The molecule has 0 atom stereocenters. The molecule has 21 heavy (non-hydrogen) atoms. The van der Waals surface area contributed by atoms with Gasteiger partial charge < -0.3 is 9.80 Å².